The number of halogens is 1. The summed E-state index contributed by atoms with van der Waals surface area (Å²) in [6, 6.07) is 15.5. The van der Waals surface area contributed by atoms with Crippen LogP contribution in [-0.2, 0) is 4.79 Å². The lowest BCUT2D eigenvalue weighted by atomic mass is 9.99. The van der Waals surface area contributed by atoms with Gasteiger partial charge in [-0.3, -0.25) is 9.79 Å². The topological polar surface area (TPSA) is 66.3 Å². The number of rotatable bonds is 5. The maximum Gasteiger partial charge on any atom is 0.234 e. The molecule has 0 bridgehead atoms. The van der Waals surface area contributed by atoms with E-state index in [9.17, 15) is 4.79 Å². The van der Waals surface area contributed by atoms with Gasteiger partial charge in [0.15, 0.2) is 5.66 Å². The predicted octanol–water partition coefficient (Wildman–Crippen LogP) is 4.45. The van der Waals surface area contributed by atoms with E-state index in [2.05, 4.69) is 33.2 Å². The van der Waals surface area contributed by atoms with Gasteiger partial charge in [0.2, 0.25) is 5.91 Å². The second-order valence-electron chi connectivity index (χ2n) is 7.74. The molecule has 162 valence electrons. The van der Waals surface area contributed by atoms with E-state index >= 15 is 0 Å². The van der Waals surface area contributed by atoms with Gasteiger partial charge in [-0.1, -0.05) is 45.9 Å². The Morgan fingerprint density at radius 2 is 1.94 bits per heavy atom. The molecule has 2 aliphatic heterocycles. The van der Waals surface area contributed by atoms with Crippen molar-refractivity contribution in [3.8, 4) is 5.75 Å². The Labute approximate surface area is 195 Å². The minimum Gasteiger partial charge on any atom is -0.497 e. The number of nitrogens with one attached hydrogen (secondary N) is 1. The highest BCUT2D eigenvalue weighted by Gasteiger charge is 2.39. The van der Waals surface area contributed by atoms with Gasteiger partial charge in [-0.15, -0.1) is 0 Å². The predicted molar refractivity (Wildman–Crippen MR) is 132 cm³/mol. The Hall–Kier alpha value is -2.16. The molecule has 0 atom stereocenters. The summed E-state index contributed by atoms with van der Waals surface area (Å²) >= 11 is 4.94. The van der Waals surface area contributed by atoms with Crippen molar-refractivity contribution in [1.82, 2.24) is 4.90 Å². The number of carbonyl (C=O) groups is 1. The molecule has 1 spiro atoms. The first-order valence-electron chi connectivity index (χ1n) is 10.2. The maximum absolute atomic E-state index is 12.6. The van der Waals surface area contributed by atoms with Crippen LogP contribution in [0.25, 0.3) is 0 Å². The fraction of sp³-hybridized carbons (Fsp3) is 0.348. The van der Waals surface area contributed by atoms with Crippen molar-refractivity contribution >= 4 is 50.0 Å². The first-order chi connectivity index (χ1) is 15.0. The lowest BCUT2D eigenvalue weighted by Gasteiger charge is -2.33. The molecular formula is C23H25BrN4O2S. The Bertz CT molecular complexity index is 1010. The van der Waals surface area contributed by atoms with Crippen LogP contribution in [0.3, 0.4) is 0 Å². The molecule has 2 aromatic rings. The normalized spacial score (nSPS) is 17.9. The van der Waals surface area contributed by atoms with Crippen molar-refractivity contribution in [2.75, 3.05) is 38.3 Å². The first-order valence-corrected chi connectivity index (χ1v) is 12.0. The van der Waals surface area contributed by atoms with Crippen molar-refractivity contribution in [2.24, 2.45) is 9.98 Å². The molecule has 2 heterocycles. The van der Waals surface area contributed by atoms with E-state index in [-0.39, 0.29) is 11.7 Å². The van der Waals surface area contributed by atoms with Crippen LogP contribution in [0.2, 0.25) is 0 Å². The van der Waals surface area contributed by atoms with Crippen molar-refractivity contribution in [3.63, 3.8) is 0 Å². The summed E-state index contributed by atoms with van der Waals surface area (Å²) in [5.41, 5.74) is 2.22. The summed E-state index contributed by atoms with van der Waals surface area (Å²) in [6.07, 6.45) is 1.78. The summed E-state index contributed by atoms with van der Waals surface area (Å²) in [5.74, 6) is 0.890. The lowest BCUT2D eigenvalue weighted by molar-refractivity contribution is -0.113. The Kier molecular flexibility index (Phi) is 6.79. The van der Waals surface area contributed by atoms with Gasteiger partial charge >= 0.3 is 0 Å². The second kappa shape index (κ2) is 9.54. The number of benzene rings is 2. The summed E-state index contributed by atoms with van der Waals surface area (Å²) in [7, 11) is 3.74. The smallest absolute Gasteiger partial charge is 0.234 e. The third-order valence-corrected chi connectivity index (χ3v) is 6.92. The van der Waals surface area contributed by atoms with Gasteiger partial charge in [0.1, 0.15) is 10.8 Å². The number of anilines is 1. The number of ether oxygens (including phenoxy) is 1. The average Bonchev–Trinajstić information content (AvgIpc) is 3.13. The SMILES string of the molecule is COc1cccc(NC(=O)CSC2=NC3(CCN(C)CC3)N=C2c2ccc(Br)cc2)c1. The maximum atomic E-state index is 12.6. The number of methoxy groups -OCH3 is 1. The first kappa shape index (κ1) is 22.0. The molecule has 2 aliphatic rings. The molecule has 1 N–H and O–H groups in total. The van der Waals surface area contributed by atoms with Crippen molar-refractivity contribution in [2.45, 2.75) is 18.5 Å². The zero-order valence-corrected chi connectivity index (χ0v) is 20.0. The standard InChI is InChI=1S/C23H25BrN4O2S/c1-28-12-10-23(11-13-28)26-21(16-6-8-17(24)9-7-16)22(27-23)31-15-20(29)25-18-4-3-5-19(14-18)30-2/h3-9,14H,10-13,15H2,1-2H3,(H,25,29). The van der Waals surface area contributed by atoms with Gasteiger partial charge in [-0.05, 0) is 31.3 Å². The van der Waals surface area contributed by atoms with Gasteiger partial charge in [0.05, 0.1) is 18.6 Å². The van der Waals surface area contributed by atoms with Gasteiger partial charge < -0.3 is 15.0 Å². The molecule has 0 radical (unpaired) electrons. The number of carbonyl (C=O) groups excluding carboxylic acids is 1. The largest absolute Gasteiger partial charge is 0.497 e. The van der Waals surface area contributed by atoms with Crippen LogP contribution in [0.15, 0.2) is 63.0 Å². The highest BCUT2D eigenvalue weighted by molar-refractivity contribution is 9.10. The summed E-state index contributed by atoms with van der Waals surface area (Å²) < 4.78 is 6.24. The quantitative estimate of drug-likeness (QED) is 0.658. The number of piperidine rings is 1. The molecule has 0 unspecified atom stereocenters. The van der Waals surface area contributed by atoms with E-state index in [1.54, 1.807) is 13.2 Å². The molecule has 0 aliphatic carbocycles. The molecule has 0 saturated carbocycles. The molecule has 8 heteroatoms. The van der Waals surface area contributed by atoms with Gasteiger partial charge in [0, 0.05) is 47.7 Å². The van der Waals surface area contributed by atoms with Gasteiger partial charge in [0.25, 0.3) is 0 Å². The van der Waals surface area contributed by atoms with Gasteiger partial charge in [-0.2, -0.15) is 0 Å². The summed E-state index contributed by atoms with van der Waals surface area (Å²) in [5, 5.41) is 3.77. The zero-order chi connectivity index (χ0) is 21.8. The van der Waals surface area contributed by atoms with Crippen molar-refractivity contribution in [1.29, 1.82) is 0 Å². The Balaban J connectivity index is 1.49. The number of nitrogens with zero attached hydrogens (tertiary/aromatic N) is 3. The number of likely N-dealkylation sites (tertiary alicyclic amines) is 1. The molecule has 2 aromatic carbocycles. The average molecular weight is 501 g/mol. The third-order valence-electron chi connectivity index (χ3n) is 5.43. The number of hydrogen-bond donors (Lipinski definition) is 1. The van der Waals surface area contributed by atoms with E-state index < -0.39 is 5.66 Å². The molecule has 6 nitrogen and oxygen atoms in total. The van der Waals surface area contributed by atoms with Crippen LogP contribution in [0, 0.1) is 0 Å². The van der Waals surface area contributed by atoms with Crippen molar-refractivity contribution < 1.29 is 9.53 Å². The summed E-state index contributed by atoms with van der Waals surface area (Å²) in [6.45, 7) is 1.93. The Morgan fingerprint density at radius 3 is 2.65 bits per heavy atom. The zero-order valence-electron chi connectivity index (χ0n) is 17.6. The summed E-state index contributed by atoms with van der Waals surface area (Å²) in [4.78, 5) is 25.0. The van der Waals surface area contributed by atoms with Gasteiger partial charge in [-0.25, -0.2) is 4.99 Å². The van der Waals surface area contributed by atoms with E-state index in [0.717, 1.165) is 46.7 Å². The van der Waals surface area contributed by atoms with Crippen LogP contribution in [0.4, 0.5) is 5.69 Å². The van der Waals surface area contributed by atoms with E-state index in [0.29, 0.717) is 11.4 Å². The molecule has 1 saturated heterocycles. The number of amides is 1. The lowest BCUT2D eigenvalue weighted by Crippen LogP contribution is -2.39. The van der Waals surface area contributed by atoms with Crippen LogP contribution < -0.4 is 10.1 Å². The fourth-order valence-electron chi connectivity index (χ4n) is 3.65. The molecule has 1 amide bonds. The highest BCUT2D eigenvalue weighted by Crippen LogP contribution is 2.35. The van der Waals surface area contributed by atoms with Crippen LogP contribution in [0.5, 0.6) is 5.75 Å². The van der Waals surface area contributed by atoms with E-state index in [1.165, 1.54) is 11.8 Å². The van der Waals surface area contributed by atoms with Crippen molar-refractivity contribution in [3.05, 3.63) is 58.6 Å². The fourth-order valence-corrected chi connectivity index (χ4v) is 4.79. The molecule has 31 heavy (non-hydrogen) atoms. The monoisotopic (exact) mass is 500 g/mol. The highest BCUT2D eigenvalue weighted by atomic mass is 79.9. The number of thioether (sulfide) groups is 1. The number of hydrogen-bond acceptors (Lipinski definition) is 6. The van der Waals surface area contributed by atoms with E-state index in [4.69, 9.17) is 14.7 Å². The van der Waals surface area contributed by atoms with Crippen LogP contribution in [-0.4, -0.2) is 60.2 Å². The minimum absolute atomic E-state index is 0.0829. The second-order valence-corrected chi connectivity index (χ2v) is 9.62. The van der Waals surface area contributed by atoms with E-state index in [1.807, 2.05) is 42.5 Å². The Morgan fingerprint density at radius 1 is 1.19 bits per heavy atom. The molecule has 4 rings (SSSR count). The van der Waals surface area contributed by atoms with Crippen LogP contribution >= 0.6 is 27.7 Å². The molecular weight excluding hydrogens is 476 g/mol. The molecule has 1 fully saturated rings. The number of aliphatic imine (C=N–C) groups is 2. The molecule has 0 aromatic heterocycles. The van der Waals surface area contributed by atoms with Crippen LogP contribution in [0.1, 0.15) is 18.4 Å². The minimum atomic E-state index is -0.402. The third kappa shape index (κ3) is 5.37.